The monoisotopic (exact) mass is 289 g/mol. The number of Topliss-reactive ketones (excluding diaryl/α,β-unsaturated/α-hetero) is 1. The predicted octanol–water partition coefficient (Wildman–Crippen LogP) is 2.40. The number of anilines is 1. The van der Waals surface area contributed by atoms with Gasteiger partial charge in [-0.2, -0.15) is 0 Å². The number of carbonyl (C=O) groups excluding carboxylic acids is 2. The predicted molar refractivity (Wildman–Crippen MR) is 70.0 cm³/mol. The summed E-state index contributed by atoms with van der Waals surface area (Å²) < 4.78 is 26.5. The third-order valence-corrected chi connectivity index (χ3v) is 3.29. The first kappa shape index (κ1) is 13.2. The van der Waals surface area contributed by atoms with Gasteiger partial charge in [0.05, 0.1) is 17.8 Å². The maximum absolute atomic E-state index is 13.3. The van der Waals surface area contributed by atoms with E-state index in [0.29, 0.717) is 5.56 Å². The van der Waals surface area contributed by atoms with Crippen LogP contribution in [0.1, 0.15) is 15.9 Å². The molecular formula is C15H9F2NO3. The number of hydrogen-bond donors (Lipinski definition) is 1. The third kappa shape index (κ3) is 2.14. The Hall–Kier alpha value is -2.76. The van der Waals surface area contributed by atoms with Crippen LogP contribution in [-0.2, 0) is 11.3 Å². The molecule has 4 nitrogen and oxygen atoms in total. The van der Waals surface area contributed by atoms with Crippen molar-refractivity contribution < 1.29 is 23.5 Å². The van der Waals surface area contributed by atoms with Crippen molar-refractivity contribution in [2.24, 2.45) is 0 Å². The van der Waals surface area contributed by atoms with Gasteiger partial charge in [0.2, 0.25) is 0 Å². The normalized spacial score (nSPS) is 13.7. The van der Waals surface area contributed by atoms with Crippen molar-refractivity contribution in [3.63, 3.8) is 0 Å². The number of fused-ring (bicyclic) bond motifs is 1. The van der Waals surface area contributed by atoms with Crippen LogP contribution in [-0.4, -0.2) is 16.8 Å². The minimum Gasteiger partial charge on any atom is -0.508 e. The average molecular weight is 289 g/mol. The number of ketones is 1. The molecule has 0 radical (unpaired) electrons. The average Bonchev–Trinajstić information content (AvgIpc) is 2.67. The van der Waals surface area contributed by atoms with Gasteiger partial charge in [-0.3, -0.25) is 9.59 Å². The molecule has 1 aliphatic rings. The van der Waals surface area contributed by atoms with E-state index < -0.39 is 23.3 Å². The second-order valence-corrected chi connectivity index (χ2v) is 4.67. The van der Waals surface area contributed by atoms with Crippen LogP contribution >= 0.6 is 0 Å². The van der Waals surface area contributed by atoms with E-state index in [1.807, 2.05) is 0 Å². The molecule has 0 saturated heterocycles. The largest absolute Gasteiger partial charge is 0.508 e. The Morgan fingerprint density at radius 1 is 1.00 bits per heavy atom. The molecule has 106 valence electrons. The van der Waals surface area contributed by atoms with Crippen LogP contribution in [0, 0.1) is 11.6 Å². The Morgan fingerprint density at radius 3 is 2.29 bits per heavy atom. The van der Waals surface area contributed by atoms with Gasteiger partial charge in [0.25, 0.3) is 11.7 Å². The van der Waals surface area contributed by atoms with Gasteiger partial charge < -0.3 is 10.0 Å². The van der Waals surface area contributed by atoms with Gasteiger partial charge in [-0.1, -0.05) is 12.1 Å². The molecule has 2 aromatic rings. The number of benzene rings is 2. The zero-order valence-electron chi connectivity index (χ0n) is 10.6. The summed E-state index contributed by atoms with van der Waals surface area (Å²) in [4.78, 5) is 24.8. The number of rotatable bonds is 2. The number of phenolic OH excluding ortho intramolecular Hbond substituents is 1. The van der Waals surface area contributed by atoms with Crippen LogP contribution in [0.25, 0.3) is 0 Å². The van der Waals surface area contributed by atoms with Crippen LogP contribution in [0.3, 0.4) is 0 Å². The first-order chi connectivity index (χ1) is 9.97. The van der Waals surface area contributed by atoms with Gasteiger partial charge in [0.15, 0.2) is 11.6 Å². The topological polar surface area (TPSA) is 57.6 Å². The highest BCUT2D eigenvalue weighted by atomic mass is 19.2. The summed E-state index contributed by atoms with van der Waals surface area (Å²) in [6, 6.07) is 7.60. The zero-order chi connectivity index (χ0) is 15.1. The molecule has 1 N–H and O–H groups in total. The fraction of sp³-hybridized carbons (Fsp3) is 0.0667. The van der Waals surface area contributed by atoms with Crippen molar-refractivity contribution >= 4 is 17.4 Å². The third-order valence-electron chi connectivity index (χ3n) is 3.29. The standard InChI is InChI=1S/C15H9F2NO3/c16-11-5-10-13(6-12(11)17)18(15(21)14(10)20)7-8-1-3-9(19)4-2-8/h1-6,19H,7H2. The van der Waals surface area contributed by atoms with Crippen LogP contribution in [0.5, 0.6) is 5.75 Å². The Kier molecular flexibility index (Phi) is 2.94. The van der Waals surface area contributed by atoms with E-state index >= 15 is 0 Å². The molecule has 0 atom stereocenters. The summed E-state index contributed by atoms with van der Waals surface area (Å²) in [5, 5.41) is 9.21. The number of amides is 1. The summed E-state index contributed by atoms with van der Waals surface area (Å²) in [7, 11) is 0. The molecule has 0 fully saturated rings. The number of halogens is 2. The molecule has 2 aromatic carbocycles. The first-order valence-corrected chi connectivity index (χ1v) is 6.10. The fourth-order valence-electron chi connectivity index (χ4n) is 2.23. The Morgan fingerprint density at radius 2 is 1.62 bits per heavy atom. The summed E-state index contributed by atoms with van der Waals surface area (Å²) in [5.41, 5.74) is 0.557. The van der Waals surface area contributed by atoms with Gasteiger partial charge in [-0.25, -0.2) is 8.78 Å². The van der Waals surface area contributed by atoms with Crippen molar-refractivity contribution in [3.8, 4) is 5.75 Å². The first-order valence-electron chi connectivity index (χ1n) is 6.10. The Balaban J connectivity index is 2.01. The summed E-state index contributed by atoms with van der Waals surface area (Å²) >= 11 is 0. The highest BCUT2D eigenvalue weighted by molar-refractivity contribution is 6.52. The second-order valence-electron chi connectivity index (χ2n) is 4.67. The van der Waals surface area contributed by atoms with Gasteiger partial charge in [0, 0.05) is 6.07 Å². The number of phenols is 1. The molecule has 1 amide bonds. The summed E-state index contributed by atoms with van der Waals surface area (Å²) in [6.07, 6.45) is 0. The molecule has 0 aromatic heterocycles. The summed E-state index contributed by atoms with van der Waals surface area (Å²) in [5.74, 6) is -3.91. The maximum Gasteiger partial charge on any atom is 0.299 e. The minimum atomic E-state index is -1.17. The molecule has 3 rings (SSSR count). The molecule has 0 aliphatic carbocycles. The number of aromatic hydroxyl groups is 1. The van der Waals surface area contributed by atoms with Crippen molar-refractivity contribution in [2.75, 3.05) is 4.90 Å². The van der Waals surface area contributed by atoms with E-state index in [0.717, 1.165) is 17.0 Å². The Labute approximate surface area is 118 Å². The van der Waals surface area contributed by atoms with Crippen LogP contribution in [0.15, 0.2) is 36.4 Å². The quantitative estimate of drug-likeness (QED) is 0.864. The lowest BCUT2D eigenvalue weighted by atomic mass is 10.1. The molecule has 0 bridgehead atoms. The van der Waals surface area contributed by atoms with Gasteiger partial charge in [0.1, 0.15) is 5.75 Å². The fourth-order valence-corrected chi connectivity index (χ4v) is 2.23. The smallest absolute Gasteiger partial charge is 0.299 e. The molecule has 0 unspecified atom stereocenters. The van der Waals surface area contributed by atoms with Gasteiger partial charge >= 0.3 is 0 Å². The zero-order valence-corrected chi connectivity index (χ0v) is 10.6. The summed E-state index contributed by atoms with van der Waals surface area (Å²) in [6.45, 7) is 0.0307. The molecule has 6 heteroatoms. The van der Waals surface area contributed by atoms with E-state index in [-0.39, 0.29) is 23.5 Å². The van der Waals surface area contributed by atoms with Crippen molar-refractivity contribution in [1.82, 2.24) is 0 Å². The number of nitrogens with zero attached hydrogens (tertiary/aromatic N) is 1. The van der Waals surface area contributed by atoms with E-state index in [2.05, 4.69) is 0 Å². The molecule has 0 saturated carbocycles. The number of hydrogen-bond acceptors (Lipinski definition) is 3. The van der Waals surface area contributed by atoms with E-state index in [9.17, 15) is 23.5 Å². The second kappa shape index (κ2) is 4.66. The van der Waals surface area contributed by atoms with Crippen LogP contribution in [0.4, 0.5) is 14.5 Å². The Bertz CT molecular complexity index is 756. The van der Waals surface area contributed by atoms with Gasteiger partial charge in [-0.05, 0) is 23.8 Å². The van der Waals surface area contributed by atoms with Crippen LogP contribution in [0.2, 0.25) is 0 Å². The van der Waals surface area contributed by atoms with E-state index in [4.69, 9.17) is 0 Å². The highest BCUT2D eigenvalue weighted by Crippen LogP contribution is 2.32. The SMILES string of the molecule is O=C1C(=O)N(Cc2ccc(O)cc2)c2cc(F)c(F)cc21. The molecule has 1 heterocycles. The van der Waals surface area contributed by atoms with Crippen molar-refractivity contribution in [1.29, 1.82) is 0 Å². The number of carbonyl (C=O) groups is 2. The highest BCUT2D eigenvalue weighted by Gasteiger charge is 2.37. The molecule has 21 heavy (non-hydrogen) atoms. The lowest BCUT2D eigenvalue weighted by Gasteiger charge is -2.16. The van der Waals surface area contributed by atoms with Crippen LogP contribution < -0.4 is 4.90 Å². The minimum absolute atomic E-state index is 0.0307. The van der Waals surface area contributed by atoms with E-state index in [1.165, 1.54) is 12.1 Å². The molecule has 1 aliphatic heterocycles. The van der Waals surface area contributed by atoms with Gasteiger partial charge in [-0.15, -0.1) is 0 Å². The van der Waals surface area contributed by atoms with Crippen molar-refractivity contribution in [2.45, 2.75) is 6.54 Å². The maximum atomic E-state index is 13.3. The van der Waals surface area contributed by atoms with E-state index in [1.54, 1.807) is 12.1 Å². The lowest BCUT2D eigenvalue weighted by Crippen LogP contribution is -2.29. The van der Waals surface area contributed by atoms with Crippen molar-refractivity contribution in [3.05, 3.63) is 59.2 Å². The lowest BCUT2D eigenvalue weighted by molar-refractivity contribution is -0.114. The molecule has 0 spiro atoms. The molecular weight excluding hydrogens is 280 g/mol.